The number of fused-ring (bicyclic) bond motifs is 12. The molecule has 6 heteroatoms. The minimum atomic E-state index is -0.370. The minimum absolute atomic E-state index is 0.370. The third kappa shape index (κ3) is 5.63. The molecule has 78 heavy (non-hydrogen) atoms. The number of rotatable bonds is 4. The van der Waals surface area contributed by atoms with Crippen LogP contribution in [0.4, 0.5) is 34.1 Å². The molecule has 0 radical (unpaired) electrons. The quantitative estimate of drug-likeness (QED) is 0.165. The van der Waals surface area contributed by atoms with Gasteiger partial charge in [0.2, 0.25) is 0 Å². The van der Waals surface area contributed by atoms with E-state index in [1.807, 2.05) is 0 Å². The van der Waals surface area contributed by atoms with Crippen LogP contribution >= 0.6 is 0 Å². The van der Waals surface area contributed by atoms with Gasteiger partial charge in [-0.2, -0.15) is 10.5 Å². The fraction of sp³-hybridized carbons (Fsp3) is 0.0833. The standard InChI is InChI=1S/C72H48N6/c1-71(2)53-25-13-17-29-61(53)77(69-55(71)33-37-63-67(69)49-23-11-15-27-57(49)75(63)45-19-7-5-8-20-45)59-35-31-47-44(42-74)40-52-60(36-32-48-43(41-73)39-51(59)65(47)66(48)52)78-62-30-18-14-26-54(62)72(3,4)56-34-38-64-68(70(56)78)50-24-12-16-28-58(50)76(64)46-21-9-6-10-22-46/h5-40H,1-4H3. The lowest BCUT2D eigenvalue weighted by molar-refractivity contribution is 0.633. The number of aromatic nitrogens is 2. The van der Waals surface area contributed by atoms with Crippen LogP contribution < -0.4 is 9.80 Å². The van der Waals surface area contributed by atoms with Gasteiger partial charge in [-0.05, 0) is 107 Å². The van der Waals surface area contributed by atoms with Crippen molar-refractivity contribution in [3.8, 4) is 23.5 Å². The molecule has 6 nitrogen and oxygen atoms in total. The summed E-state index contributed by atoms with van der Waals surface area (Å²) < 4.78 is 4.78. The van der Waals surface area contributed by atoms with Crippen LogP contribution in [0.2, 0.25) is 0 Å². The monoisotopic (exact) mass is 996 g/mol. The van der Waals surface area contributed by atoms with Crippen molar-refractivity contribution in [3.63, 3.8) is 0 Å². The minimum Gasteiger partial charge on any atom is -0.309 e. The average Bonchev–Trinajstić information content (AvgIpc) is 3.68. The molecule has 0 bridgehead atoms. The Labute approximate surface area is 451 Å². The van der Waals surface area contributed by atoms with Crippen LogP contribution in [0, 0.1) is 22.7 Å². The van der Waals surface area contributed by atoms with Crippen molar-refractivity contribution >= 4 is 110 Å². The average molecular weight is 997 g/mol. The summed E-state index contributed by atoms with van der Waals surface area (Å²) in [5, 5.41) is 33.0. The van der Waals surface area contributed by atoms with E-state index in [9.17, 15) is 10.5 Å². The van der Waals surface area contributed by atoms with Crippen molar-refractivity contribution in [1.29, 1.82) is 10.5 Å². The first kappa shape index (κ1) is 44.2. The molecule has 12 aromatic carbocycles. The maximum Gasteiger partial charge on any atom is 0.0998 e. The second-order valence-electron chi connectivity index (χ2n) is 22.2. The summed E-state index contributed by atoms with van der Waals surface area (Å²) in [5.74, 6) is 0. The van der Waals surface area contributed by atoms with Gasteiger partial charge in [0.25, 0.3) is 0 Å². The van der Waals surface area contributed by atoms with Crippen LogP contribution in [-0.2, 0) is 10.8 Å². The molecule has 0 fully saturated rings. The first-order valence-corrected chi connectivity index (χ1v) is 26.8. The van der Waals surface area contributed by atoms with Crippen LogP contribution in [0.5, 0.6) is 0 Å². The Kier molecular flexibility index (Phi) is 8.90. The molecule has 0 saturated carbocycles. The Balaban J connectivity index is 1.04. The van der Waals surface area contributed by atoms with Crippen LogP contribution in [0.3, 0.4) is 0 Å². The summed E-state index contributed by atoms with van der Waals surface area (Å²) in [6, 6.07) is 83.9. The first-order chi connectivity index (χ1) is 38.2. The molecule has 0 aliphatic carbocycles. The zero-order valence-electron chi connectivity index (χ0n) is 43.5. The normalized spacial score (nSPS) is 14.3. The molecule has 0 unspecified atom stereocenters. The molecule has 0 atom stereocenters. The zero-order chi connectivity index (χ0) is 52.3. The third-order valence-corrected chi connectivity index (χ3v) is 17.7. The number of nitriles is 2. The summed E-state index contributed by atoms with van der Waals surface area (Å²) in [7, 11) is 0. The van der Waals surface area contributed by atoms with Crippen LogP contribution in [0.25, 0.3) is 87.3 Å². The van der Waals surface area contributed by atoms with E-state index in [1.54, 1.807) is 0 Å². The molecular formula is C72H48N6. The zero-order valence-corrected chi connectivity index (χ0v) is 43.5. The summed E-state index contributed by atoms with van der Waals surface area (Å²) in [6.07, 6.45) is 0. The third-order valence-electron chi connectivity index (χ3n) is 17.7. The number of para-hydroxylation sites is 6. The van der Waals surface area contributed by atoms with E-state index in [-0.39, 0.29) is 10.8 Å². The second kappa shape index (κ2) is 15.7. The van der Waals surface area contributed by atoms with E-state index in [4.69, 9.17) is 0 Å². The molecule has 2 aromatic heterocycles. The largest absolute Gasteiger partial charge is 0.309 e. The van der Waals surface area contributed by atoms with Crippen molar-refractivity contribution < 1.29 is 0 Å². The van der Waals surface area contributed by atoms with Gasteiger partial charge in [0.05, 0.1) is 79.5 Å². The number of hydrogen-bond donors (Lipinski definition) is 0. The molecule has 2 aliphatic heterocycles. The topological polar surface area (TPSA) is 63.9 Å². The summed E-state index contributed by atoms with van der Waals surface area (Å²) in [4.78, 5) is 4.94. The molecule has 0 spiro atoms. The van der Waals surface area contributed by atoms with Crippen molar-refractivity contribution in [1.82, 2.24) is 9.13 Å². The fourth-order valence-corrected chi connectivity index (χ4v) is 14.2. The van der Waals surface area contributed by atoms with Gasteiger partial charge in [0.15, 0.2) is 0 Å². The van der Waals surface area contributed by atoms with E-state index in [2.05, 4.69) is 277 Å². The van der Waals surface area contributed by atoms with E-state index < -0.39 is 0 Å². The lowest BCUT2D eigenvalue weighted by Gasteiger charge is -2.43. The van der Waals surface area contributed by atoms with Gasteiger partial charge in [-0.1, -0.05) is 161 Å². The highest BCUT2D eigenvalue weighted by molar-refractivity contribution is 6.32. The molecule has 0 saturated heterocycles. The summed E-state index contributed by atoms with van der Waals surface area (Å²) >= 11 is 0. The van der Waals surface area contributed by atoms with Gasteiger partial charge in [-0.3, -0.25) is 0 Å². The van der Waals surface area contributed by atoms with E-state index >= 15 is 0 Å². The van der Waals surface area contributed by atoms with Gasteiger partial charge in [-0.15, -0.1) is 0 Å². The molecule has 4 heterocycles. The van der Waals surface area contributed by atoms with Crippen LogP contribution in [0.1, 0.15) is 61.1 Å². The molecule has 0 amide bonds. The Bertz CT molecular complexity index is 4690. The number of benzene rings is 12. The Morgan fingerprint density at radius 2 is 0.692 bits per heavy atom. The Morgan fingerprint density at radius 1 is 0.308 bits per heavy atom. The smallest absolute Gasteiger partial charge is 0.0998 e. The molecule has 14 aromatic rings. The molecule has 2 aliphatic rings. The lowest BCUT2D eigenvalue weighted by Crippen LogP contribution is -2.31. The van der Waals surface area contributed by atoms with E-state index in [1.165, 1.54) is 22.3 Å². The fourth-order valence-electron chi connectivity index (χ4n) is 14.2. The van der Waals surface area contributed by atoms with Crippen LogP contribution in [-0.4, -0.2) is 9.13 Å². The highest BCUT2D eigenvalue weighted by Crippen LogP contribution is 2.60. The van der Waals surface area contributed by atoms with Crippen molar-refractivity contribution in [3.05, 3.63) is 252 Å². The lowest BCUT2D eigenvalue weighted by atomic mass is 9.72. The number of anilines is 6. The van der Waals surface area contributed by atoms with Crippen LogP contribution in [0.15, 0.2) is 218 Å². The summed E-state index contributed by atoms with van der Waals surface area (Å²) in [5.41, 5.74) is 18.2. The predicted octanol–water partition coefficient (Wildman–Crippen LogP) is 18.7. The SMILES string of the molecule is CC1(C)c2ccccc2N(c2ccc3c(C#N)cc4c(N5c6ccccc6C(C)(C)c6ccc7c(c65)c5ccccc5n7-c5ccccc5)ccc5c(C#N)cc2c3c54)c2c1ccc1c2c2ccccc2n1-c1ccccc1. The van der Waals surface area contributed by atoms with Gasteiger partial charge in [-0.25, -0.2) is 0 Å². The van der Waals surface area contributed by atoms with E-state index in [0.717, 1.165) is 121 Å². The van der Waals surface area contributed by atoms with Gasteiger partial charge in [0, 0.05) is 76.1 Å². The molecular weight excluding hydrogens is 949 g/mol. The summed E-state index contributed by atoms with van der Waals surface area (Å²) in [6.45, 7) is 9.37. The molecule has 16 rings (SSSR count). The molecule has 0 N–H and O–H groups in total. The predicted molar refractivity (Wildman–Crippen MR) is 322 cm³/mol. The molecule has 366 valence electrons. The Hall–Kier alpha value is -10.1. The van der Waals surface area contributed by atoms with E-state index in [0.29, 0.717) is 11.1 Å². The van der Waals surface area contributed by atoms with Gasteiger partial charge < -0.3 is 18.9 Å². The van der Waals surface area contributed by atoms with Gasteiger partial charge >= 0.3 is 0 Å². The van der Waals surface area contributed by atoms with Crippen molar-refractivity contribution in [2.45, 2.75) is 38.5 Å². The second-order valence-corrected chi connectivity index (χ2v) is 22.2. The number of nitrogens with zero attached hydrogens (tertiary/aromatic N) is 6. The Morgan fingerprint density at radius 3 is 1.12 bits per heavy atom. The highest BCUT2D eigenvalue weighted by atomic mass is 15.2. The highest BCUT2D eigenvalue weighted by Gasteiger charge is 2.42. The van der Waals surface area contributed by atoms with Gasteiger partial charge in [0.1, 0.15) is 0 Å². The van der Waals surface area contributed by atoms with Crippen molar-refractivity contribution in [2.24, 2.45) is 0 Å². The van der Waals surface area contributed by atoms with Crippen molar-refractivity contribution in [2.75, 3.05) is 9.80 Å². The maximum absolute atomic E-state index is 11.4. The first-order valence-electron chi connectivity index (χ1n) is 26.8. The number of hydrogen-bond acceptors (Lipinski definition) is 4. The maximum atomic E-state index is 11.4.